The van der Waals surface area contributed by atoms with Crippen molar-refractivity contribution in [1.29, 1.82) is 0 Å². The van der Waals surface area contributed by atoms with Crippen LogP contribution in [-0.4, -0.2) is 35.8 Å². The molecule has 0 spiro atoms. The van der Waals surface area contributed by atoms with E-state index in [4.69, 9.17) is 0 Å². The lowest BCUT2D eigenvalue weighted by atomic mass is 10.0. The van der Waals surface area contributed by atoms with E-state index in [-0.39, 0.29) is 11.5 Å². The Hall–Kier alpha value is -2.76. The SMILES string of the molecule is O=C1NCCN(C(=O)c2ccc(F)c(F)c2)[C@@H]1Cc1ccccc1. The molecular weight excluding hydrogens is 314 g/mol. The average molecular weight is 330 g/mol. The Morgan fingerprint density at radius 3 is 2.58 bits per heavy atom. The summed E-state index contributed by atoms with van der Waals surface area (Å²) in [5.41, 5.74) is 0.948. The molecule has 6 heteroatoms. The number of benzene rings is 2. The van der Waals surface area contributed by atoms with Crippen LogP contribution >= 0.6 is 0 Å². The van der Waals surface area contributed by atoms with Gasteiger partial charge in [-0.2, -0.15) is 0 Å². The summed E-state index contributed by atoms with van der Waals surface area (Å²) in [6.45, 7) is 0.653. The van der Waals surface area contributed by atoms with E-state index in [1.54, 1.807) is 0 Å². The van der Waals surface area contributed by atoms with Crippen LogP contribution in [-0.2, 0) is 11.2 Å². The lowest BCUT2D eigenvalue weighted by molar-refractivity contribution is -0.127. The number of nitrogens with zero attached hydrogens (tertiary/aromatic N) is 1. The zero-order valence-corrected chi connectivity index (χ0v) is 12.8. The van der Waals surface area contributed by atoms with E-state index in [1.807, 2.05) is 30.3 Å². The van der Waals surface area contributed by atoms with Crippen LogP contribution in [0.4, 0.5) is 8.78 Å². The van der Waals surface area contributed by atoms with Crippen molar-refractivity contribution in [2.75, 3.05) is 13.1 Å². The van der Waals surface area contributed by atoms with Crippen LogP contribution in [0, 0.1) is 11.6 Å². The number of hydrogen-bond acceptors (Lipinski definition) is 2. The number of nitrogens with one attached hydrogen (secondary N) is 1. The minimum Gasteiger partial charge on any atom is -0.353 e. The van der Waals surface area contributed by atoms with E-state index >= 15 is 0 Å². The van der Waals surface area contributed by atoms with Crippen molar-refractivity contribution in [3.63, 3.8) is 0 Å². The van der Waals surface area contributed by atoms with Gasteiger partial charge in [0.15, 0.2) is 11.6 Å². The molecule has 1 fully saturated rings. The van der Waals surface area contributed by atoms with E-state index in [0.717, 1.165) is 17.7 Å². The van der Waals surface area contributed by atoms with Crippen LogP contribution in [0.15, 0.2) is 48.5 Å². The third-order valence-electron chi connectivity index (χ3n) is 4.03. The molecule has 1 heterocycles. The quantitative estimate of drug-likeness (QED) is 0.937. The molecule has 1 aliphatic heterocycles. The maximum absolute atomic E-state index is 13.4. The minimum absolute atomic E-state index is 0.0293. The van der Waals surface area contributed by atoms with Gasteiger partial charge in [0.05, 0.1) is 0 Å². The topological polar surface area (TPSA) is 49.4 Å². The van der Waals surface area contributed by atoms with Crippen molar-refractivity contribution in [2.24, 2.45) is 0 Å². The molecule has 0 radical (unpaired) electrons. The predicted octanol–water partition coefficient (Wildman–Crippen LogP) is 2.15. The Labute approximate surface area is 138 Å². The van der Waals surface area contributed by atoms with Crippen molar-refractivity contribution in [2.45, 2.75) is 12.5 Å². The Bertz CT molecular complexity index is 765. The minimum atomic E-state index is -1.08. The fourth-order valence-electron chi connectivity index (χ4n) is 2.79. The van der Waals surface area contributed by atoms with E-state index in [2.05, 4.69) is 5.32 Å². The van der Waals surface area contributed by atoms with Crippen molar-refractivity contribution in [3.8, 4) is 0 Å². The zero-order valence-electron chi connectivity index (χ0n) is 12.8. The molecule has 2 amide bonds. The molecule has 0 bridgehead atoms. The van der Waals surface area contributed by atoms with Gasteiger partial charge in [-0.1, -0.05) is 30.3 Å². The van der Waals surface area contributed by atoms with Gasteiger partial charge in [-0.15, -0.1) is 0 Å². The molecule has 1 aliphatic rings. The second-order valence-electron chi connectivity index (χ2n) is 5.62. The summed E-state index contributed by atoms with van der Waals surface area (Å²) in [5.74, 6) is -2.82. The van der Waals surface area contributed by atoms with Gasteiger partial charge in [0.25, 0.3) is 5.91 Å². The van der Waals surface area contributed by atoms with Crippen LogP contribution in [0.25, 0.3) is 0 Å². The molecular formula is C18H16F2N2O2. The predicted molar refractivity (Wildman–Crippen MR) is 84.3 cm³/mol. The third-order valence-corrected chi connectivity index (χ3v) is 4.03. The number of hydrogen-bond donors (Lipinski definition) is 1. The van der Waals surface area contributed by atoms with Gasteiger partial charge in [-0.3, -0.25) is 9.59 Å². The third kappa shape index (κ3) is 3.27. The molecule has 4 nitrogen and oxygen atoms in total. The van der Waals surface area contributed by atoms with Gasteiger partial charge in [0.2, 0.25) is 5.91 Å². The summed E-state index contributed by atoms with van der Waals surface area (Å²) in [5, 5.41) is 2.74. The smallest absolute Gasteiger partial charge is 0.254 e. The molecule has 3 rings (SSSR count). The van der Waals surface area contributed by atoms with E-state index in [9.17, 15) is 18.4 Å². The highest BCUT2D eigenvalue weighted by Crippen LogP contribution is 2.17. The fraction of sp³-hybridized carbons (Fsp3) is 0.222. The molecule has 1 N–H and O–H groups in total. The summed E-state index contributed by atoms with van der Waals surface area (Å²) in [4.78, 5) is 26.3. The summed E-state index contributed by atoms with van der Waals surface area (Å²) < 4.78 is 26.5. The first-order valence-corrected chi connectivity index (χ1v) is 7.64. The van der Waals surface area contributed by atoms with Crippen molar-refractivity contribution in [3.05, 3.63) is 71.3 Å². The number of carbonyl (C=O) groups excluding carboxylic acids is 2. The van der Waals surface area contributed by atoms with E-state index in [0.29, 0.717) is 19.5 Å². The monoisotopic (exact) mass is 330 g/mol. The summed E-state index contributed by atoms with van der Waals surface area (Å²) in [6, 6.07) is 11.7. The molecule has 0 aromatic heterocycles. The van der Waals surface area contributed by atoms with Crippen LogP contribution in [0.1, 0.15) is 15.9 Å². The number of carbonyl (C=O) groups is 2. The first-order chi connectivity index (χ1) is 11.6. The van der Waals surface area contributed by atoms with Gasteiger partial charge in [-0.25, -0.2) is 8.78 Å². The van der Waals surface area contributed by atoms with Crippen LogP contribution in [0.5, 0.6) is 0 Å². The maximum Gasteiger partial charge on any atom is 0.254 e. The van der Waals surface area contributed by atoms with Crippen LogP contribution in [0.3, 0.4) is 0 Å². The van der Waals surface area contributed by atoms with Crippen molar-refractivity contribution in [1.82, 2.24) is 10.2 Å². The van der Waals surface area contributed by atoms with Gasteiger partial charge in [0.1, 0.15) is 6.04 Å². The summed E-state index contributed by atoms with van der Waals surface area (Å²) in [7, 11) is 0. The first kappa shape index (κ1) is 16.1. The van der Waals surface area contributed by atoms with Crippen LogP contribution in [0.2, 0.25) is 0 Å². The molecule has 0 unspecified atom stereocenters. The number of piperazine rings is 1. The van der Waals surface area contributed by atoms with Gasteiger partial charge >= 0.3 is 0 Å². The molecule has 24 heavy (non-hydrogen) atoms. The lowest BCUT2D eigenvalue weighted by Gasteiger charge is -2.35. The van der Waals surface area contributed by atoms with Gasteiger partial charge < -0.3 is 10.2 Å². The lowest BCUT2D eigenvalue weighted by Crippen LogP contribution is -2.58. The average Bonchev–Trinajstić information content (AvgIpc) is 2.59. The first-order valence-electron chi connectivity index (χ1n) is 7.64. The summed E-state index contributed by atoms with van der Waals surface area (Å²) >= 11 is 0. The van der Waals surface area contributed by atoms with E-state index in [1.165, 1.54) is 11.0 Å². The highest BCUT2D eigenvalue weighted by molar-refractivity contribution is 5.98. The van der Waals surface area contributed by atoms with E-state index < -0.39 is 23.6 Å². The highest BCUT2D eigenvalue weighted by Gasteiger charge is 2.33. The maximum atomic E-state index is 13.4. The molecule has 124 valence electrons. The summed E-state index contributed by atoms with van der Waals surface area (Å²) in [6.07, 6.45) is 0.363. The van der Waals surface area contributed by atoms with Gasteiger partial charge in [-0.05, 0) is 23.8 Å². The Kier molecular flexibility index (Phi) is 4.55. The number of halogens is 2. The van der Waals surface area contributed by atoms with Crippen LogP contribution < -0.4 is 5.32 Å². The Morgan fingerprint density at radius 2 is 1.88 bits per heavy atom. The van der Waals surface area contributed by atoms with Gasteiger partial charge in [0, 0.05) is 25.1 Å². The molecule has 2 aromatic rings. The molecule has 2 aromatic carbocycles. The number of rotatable bonds is 3. The second-order valence-corrected chi connectivity index (χ2v) is 5.62. The van der Waals surface area contributed by atoms with Crippen molar-refractivity contribution < 1.29 is 18.4 Å². The highest BCUT2D eigenvalue weighted by atomic mass is 19.2. The zero-order chi connectivity index (χ0) is 17.1. The molecule has 1 saturated heterocycles. The molecule has 0 saturated carbocycles. The number of amides is 2. The standard InChI is InChI=1S/C18H16F2N2O2/c19-14-7-6-13(11-15(14)20)18(24)22-9-8-21-17(23)16(22)10-12-4-2-1-3-5-12/h1-7,11,16H,8-10H2,(H,21,23)/t16-/m1/s1. The Balaban J connectivity index is 1.86. The Morgan fingerprint density at radius 1 is 1.12 bits per heavy atom. The molecule has 1 atom stereocenters. The molecule has 0 aliphatic carbocycles. The fourth-order valence-corrected chi connectivity index (χ4v) is 2.79. The largest absolute Gasteiger partial charge is 0.353 e. The second kappa shape index (κ2) is 6.78. The van der Waals surface area contributed by atoms with Crippen molar-refractivity contribution >= 4 is 11.8 Å². The normalized spacial score (nSPS) is 17.5.